The summed E-state index contributed by atoms with van der Waals surface area (Å²) in [5.41, 5.74) is 6.23. The van der Waals surface area contributed by atoms with E-state index in [1.54, 1.807) is 0 Å². The van der Waals surface area contributed by atoms with Crippen molar-refractivity contribution in [2.45, 2.75) is 83.4 Å². The van der Waals surface area contributed by atoms with Gasteiger partial charge in [0.15, 0.2) is 6.10 Å². The topological polar surface area (TPSA) is 104 Å². The van der Waals surface area contributed by atoms with Crippen LogP contribution in [0.4, 0.5) is 0 Å². The molecule has 1 aliphatic heterocycles. The van der Waals surface area contributed by atoms with Crippen molar-refractivity contribution in [2.24, 2.45) is 27.9 Å². The van der Waals surface area contributed by atoms with Crippen LogP contribution in [-0.4, -0.2) is 41.7 Å². The molecular weight excluding hydrogens is 330 g/mol. The molecule has 6 heteroatoms. The van der Waals surface area contributed by atoms with Crippen LogP contribution in [-0.2, 0) is 9.59 Å². The Kier molecular flexibility index (Phi) is 4.16. The quantitative estimate of drug-likeness (QED) is 0.566. The minimum absolute atomic E-state index is 0.0938. The Hall–Kier alpha value is -1.14. The Balaban J connectivity index is 1.40. The normalized spacial score (nSPS) is 36.2. The van der Waals surface area contributed by atoms with Crippen LogP contribution in [0.2, 0.25) is 0 Å². The monoisotopic (exact) mass is 363 g/mol. The minimum Gasteiger partial charge on any atom is -0.381 e. The van der Waals surface area contributed by atoms with Crippen LogP contribution >= 0.6 is 0 Å². The van der Waals surface area contributed by atoms with Crippen molar-refractivity contribution >= 4 is 11.8 Å². The SMILES string of the molecule is CC1(C)C2(CCC2)[C@]12CN[C@H](C(=O)NC(CC1CCC1)C(O)C(N)=O)C2. The summed E-state index contributed by atoms with van der Waals surface area (Å²) in [6, 6.07) is -0.813. The summed E-state index contributed by atoms with van der Waals surface area (Å²) in [7, 11) is 0. The largest absolute Gasteiger partial charge is 0.381 e. The predicted molar refractivity (Wildman–Crippen MR) is 98.0 cm³/mol. The van der Waals surface area contributed by atoms with Gasteiger partial charge in [-0.05, 0) is 47.8 Å². The first-order valence-corrected chi connectivity index (χ1v) is 10.3. The van der Waals surface area contributed by atoms with Crippen LogP contribution < -0.4 is 16.4 Å². The lowest BCUT2D eigenvalue weighted by Gasteiger charge is -2.32. The van der Waals surface area contributed by atoms with E-state index in [0.717, 1.165) is 25.8 Å². The molecule has 3 aliphatic carbocycles. The van der Waals surface area contributed by atoms with Crippen molar-refractivity contribution in [3.63, 3.8) is 0 Å². The minimum atomic E-state index is -1.31. The number of fused-ring (bicyclic) bond motifs is 1. The first kappa shape index (κ1) is 18.2. The standard InChI is InChI=1S/C20H33N3O3/c1-18(2)19(7-4-8-19)20(18)10-14(22-11-20)17(26)23-13(15(24)16(21)25)9-12-5-3-6-12/h12-15,22,24H,3-11H2,1-2H3,(H2,21,25)(H,23,26)/t13?,14-,15?,20+/m0/s1. The third kappa shape index (κ3) is 2.30. The number of carbonyl (C=O) groups is 2. The van der Waals surface area contributed by atoms with Gasteiger partial charge in [0.05, 0.1) is 12.1 Å². The maximum atomic E-state index is 12.9. The molecule has 0 radical (unpaired) electrons. The molecule has 0 aromatic rings. The molecule has 2 spiro atoms. The molecule has 0 aromatic carbocycles. The van der Waals surface area contributed by atoms with Gasteiger partial charge in [0.25, 0.3) is 0 Å². The van der Waals surface area contributed by atoms with Crippen LogP contribution in [0, 0.1) is 22.2 Å². The summed E-state index contributed by atoms with van der Waals surface area (Å²) in [4.78, 5) is 24.3. The van der Waals surface area contributed by atoms with E-state index < -0.39 is 18.1 Å². The van der Waals surface area contributed by atoms with Gasteiger partial charge < -0.3 is 21.5 Å². The summed E-state index contributed by atoms with van der Waals surface area (Å²) >= 11 is 0. The van der Waals surface area contributed by atoms with Crippen molar-refractivity contribution in [1.82, 2.24) is 10.6 Å². The summed E-state index contributed by atoms with van der Waals surface area (Å²) in [6.45, 7) is 5.60. The van der Waals surface area contributed by atoms with Gasteiger partial charge in [-0.15, -0.1) is 0 Å². The third-order valence-corrected chi connectivity index (χ3v) is 8.79. The van der Waals surface area contributed by atoms with E-state index >= 15 is 0 Å². The molecule has 0 bridgehead atoms. The Morgan fingerprint density at radius 3 is 2.38 bits per heavy atom. The molecule has 146 valence electrons. The molecule has 4 fully saturated rings. The van der Waals surface area contributed by atoms with E-state index in [-0.39, 0.29) is 17.4 Å². The molecule has 4 aliphatic rings. The fourth-order valence-electron chi connectivity index (χ4n) is 6.55. The van der Waals surface area contributed by atoms with Crippen molar-refractivity contribution in [3.05, 3.63) is 0 Å². The molecule has 3 saturated carbocycles. The second-order valence-electron chi connectivity index (χ2n) is 9.78. The molecule has 6 nitrogen and oxygen atoms in total. The number of rotatable bonds is 6. The number of amides is 2. The van der Waals surface area contributed by atoms with Crippen LogP contribution in [0.3, 0.4) is 0 Å². The highest BCUT2D eigenvalue weighted by molar-refractivity contribution is 5.85. The number of aliphatic hydroxyl groups excluding tert-OH is 1. The summed E-state index contributed by atoms with van der Waals surface area (Å²) in [5.74, 6) is -0.385. The van der Waals surface area contributed by atoms with Crippen molar-refractivity contribution in [3.8, 4) is 0 Å². The molecule has 2 amide bonds. The zero-order chi connectivity index (χ0) is 18.7. The molecule has 2 unspecified atom stereocenters. The molecule has 0 aromatic heterocycles. The average molecular weight is 364 g/mol. The van der Waals surface area contributed by atoms with Gasteiger partial charge in [0.1, 0.15) is 0 Å². The van der Waals surface area contributed by atoms with E-state index in [2.05, 4.69) is 24.5 Å². The number of nitrogens with two attached hydrogens (primary N) is 1. The van der Waals surface area contributed by atoms with Gasteiger partial charge >= 0.3 is 0 Å². The maximum Gasteiger partial charge on any atom is 0.248 e. The van der Waals surface area contributed by atoms with Crippen LogP contribution in [0.15, 0.2) is 0 Å². The number of hydrogen-bond acceptors (Lipinski definition) is 4. The highest BCUT2D eigenvalue weighted by Gasteiger charge is 2.83. The highest BCUT2D eigenvalue weighted by Crippen LogP contribution is 2.87. The Morgan fingerprint density at radius 2 is 1.92 bits per heavy atom. The number of hydrogen-bond donors (Lipinski definition) is 4. The van der Waals surface area contributed by atoms with E-state index in [1.807, 2.05) is 0 Å². The van der Waals surface area contributed by atoms with Crippen molar-refractivity contribution in [1.29, 1.82) is 0 Å². The molecule has 4 atom stereocenters. The molecular formula is C20H33N3O3. The fourth-order valence-corrected chi connectivity index (χ4v) is 6.55. The zero-order valence-electron chi connectivity index (χ0n) is 16.0. The van der Waals surface area contributed by atoms with Gasteiger partial charge in [-0.1, -0.05) is 39.5 Å². The third-order valence-electron chi connectivity index (χ3n) is 8.79. The van der Waals surface area contributed by atoms with Crippen LogP contribution in [0.25, 0.3) is 0 Å². The fraction of sp³-hybridized carbons (Fsp3) is 0.900. The van der Waals surface area contributed by atoms with Gasteiger partial charge in [0.2, 0.25) is 11.8 Å². The second kappa shape index (κ2) is 5.93. The summed E-state index contributed by atoms with van der Waals surface area (Å²) in [5, 5.41) is 16.5. The van der Waals surface area contributed by atoms with Gasteiger partial charge in [-0.3, -0.25) is 9.59 Å². The smallest absolute Gasteiger partial charge is 0.248 e. The second-order valence-corrected chi connectivity index (χ2v) is 9.78. The zero-order valence-corrected chi connectivity index (χ0v) is 16.0. The number of primary amides is 1. The number of aliphatic hydroxyl groups is 1. The lowest BCUT2D eigenvalue weighted by atomic mass is 9.73. The lowest BCUT2D eigenvalue weighted by Crippen LogP contribution is -2.54. The van der Waals surface area contributed by atoms with E-state index in [1.165, 1.54) is 25.7 Å². The average Bonchev–Trinajstić information content (AvgIpc) is 2.81. The highest BCUT2D eigenvalue weighted by atomic mass is 16.3. The number of nitrogens with one attached hydrogen (secondary N) is 2. The molecule has 1 heterocycles. The Morgan fingerprint density at radius 1 is 1.23 bits per heavy atom. The van der Waals surface area contributed by atoms with Crippen molar-refractivity contribution in [2.75, 3.05) is 6.54 Å². The van der Waals surface area contributed by atoms with Gasteiger partial charge in [-0.25, -0.2) is 0 Å². The molecule has 5 N–H and O–H groups in total. The lowest BCUT2D eigenvalue weighted by molar-refractivity contribution is -0.130. The van der Waals surface area contributed by atoms with E-state index in [9.17, 15) is 14.7 Å². The van der Waals surface area contributed by atoms with Crippen LogP contribution in [0.1, 0.15) is 65.2 Å². The molecule has 26 heavy (non-hydrogen) atoms. The molecule has 1 saturated heterocycles. The summed E-state index contributed by atoms with van der Waals surface area (Å²) < 4.78 is 0. The molecule has 4 rings (SSSR count). The Bertz CT molecular complexity index is 611. The van der Waals surface area contributed by atoms with Crippen molar-refractivity contribution < 1.29 is 14.7 Å². The first-order chi connectivity index (χ1) is 12.2. The van der Waals surface area contributed by atoms with E-state index in [0.29, 0.717) is 23.2 Å². The van der Waals surface area contributed by atoms with E-state index in [4.69, 9.17) is 5.73 Å². The first-order valence-electron chi connectivity index (χ1n) is 10.3. The number of carbonyl (C=O) groups excluding carboxylic acids is 2. The van der Waals surface area contributed by atoms with Gasteiger partial charge in [-0.2, -0.15) is 0 Å². The maximum absolute atomic E-state index is 12.9. The van der Waals surface area contributed by atoms with Crippen LogP contribution in [0.5, 0.6) is 0 Å². The van der Waals surface area contributed by atoms with Gasteiger partial charge in [0, 0.05) is 6.54 Å². The Labute approximate surface area is 155 Å². The summed E-state index contributed by atoms with van der Waals surface area (Å²) in [6.07, 6.45) is 7.40. The predicted octanol–water partition coefficient (Wildman–Crippen LogP) is 1.07.